The highest BCUT2D eigenvalue weighted by atomic mass is 16.3. The highest BCUT2D eigenvalue weighted by Crippen LogP contribution is 2.28. The predicted octanol–water partition coefficient (Wildman–Crippen LogP) is 5.61. The van der Waals surface area contributed by atoms with Crippen molar-refractivity contribution in [2.24, 2.45) is 10.8 Å². The van der Waals surface area contributed by atoms with Crippen molar-refractivity contribution < 1.29 is 4.42 Å². The Labute approximate surface area is 117 Å². The molecule has 1 nitrogen and oxygen atoms in total. The van der Waals surface area contributed by atoms with Gasteiger partial charge in [0, 0.05) is 11.8 Å². The second-order valence-corrected chi connectivity index (χ2v) is 8.06. The zero-order valence-electron chi connectivity index (χ0n) is 13.1. The van der Waals surface area contributed by atoms with Crippen molar-refractivity contribution in [2.75, 3.05) is 0 Å². The Morgan fingerprint density at radius 3 is 2.05 bits per heavy atom. The fourth-order valence-corrected chi connectivity index (χ4v) is 2.48. The Balaban J connectivity index is 2.28. The summed E-state index contributed by atoms with van der Waals surface area (Å²) in [6, 6.07) is 8.78. The van der Waals surface area contributed by atoms with Gasteiger partial charge in [0.25, 0.3) is 0 Å². The van der Waals surface area contributed by atoms with Crippen LogP contribution in [0.5, 0.6) is 0 Å². The summed E-state index contributed by atoms with van der Waals surface area (Å²) in [4.78, 5) is 0. The van der Waals surface area contributed by atoms with Crippen molar-refractivity contribution >= 4 is 11.0 Å². The van der Waals surface area contributed by atoms with Crippen LogP contribution in [0, 0.1) is 10.8 Å². The van der Waals surface area contributed by atoms with Crippen molar-refractivity contribution in [3.63, 3.8) is 0 Å². The lowest BCUT2D eigenvalue weighted by molar-refractivity contribution is 0.370. The lowest BCUT2D eigenvalue weighted by Gasteiger charge is -2.17. The molecule has 0 unspecified atom stereocenters. The van der Waals surface area contributed by atoms with E-state index in [9.17, 15) is 0 Å². The highest BCUT2D eigenvalue weighted by Gasteiger charge is 2.16. The molecular formula is C18H26O. The molecule has 2 aromatic rings. The molecule has 0 spiro atoms. The second kappa shape index (κ2) is 4.70. The zero-order valence-corrected chi connectivity index (χ0v) is 13.1. The molecule has 0 fully saturated rings. The number of fused-ring (bicyclic) bond motifs is 1. The molecule has 19 heavy (non-hydrogen) atoms. The van der Waals surface area contributed by atoms with E-state index in [-0.39, 0.29) is 5.41 Å². The smallest absolute Gasteiger partial charge is 0.134 e. The molecule has 1 aromatic carbocycles. The van der Waals surface area contributed by atoms with Crippen LogP contribution in [-0.4, -0.2) is 0 Å². The molecule has 0 aliphatic rings. The summed E-state index contributed by atoms with van der Waals surface area (Å²) in [5.41, 5.74) is 2.99. The summed E-state index contributed by atoms with van der Waals surface area (Å²) in [5, 5.41) is 1.24. The largest absolute Gasteiger partial charge is 0.461 e. The van der Waals surface area contributed by atoms with Gasteiger partial charge in [0.2, 0.25) is 0 Å². The molecule has 0 aliphatic heterocycles. The molecule has 1 aromatic heterocycles. The maximum atomic E-state index is 5.93. The van der Waals surface area contributed by atoms with Gasteiger partial charge in [0.15, 0.2) is 0 Å². The van der Waals surface area contributed by atoms with E-state index in [0.717, 1.165) is 24.2 Å². The summed E-state index contributed by atoms with van der Waals surface area (Å²) in [6.45, 7) is 13.6. The molecule has 1 heterocycles. The molecular weight excluding hydrogens is 232 g/mol. The van der Waals surface area contributed by atoms with E-state index in [1.807, 2.05) is 0 Å². The fourth-order valence-electron chi connectivity index (χ4n) is 2.48. The molecule has 0 atom stereocenters. The molecule has 0 bridgehead atoms. The number of hydrogen-bond acceptors (Lipinski definition) is 1. The maximum absolute atomic E-state index is 5.93. The molecule has 2 rings (SSSR count). The first kappa shape index (κ1) is 14.2. The second-order valence-electron chi connectivity index (χ2n) is 8.06. The van der Waals surface area contributed by atoms with Crippen LogP contribution in [-0.2, 0) is 12.8 Å². The SMILES string of the molecule is CC(C)(C)Cc1ccc2oc(CC(C)(C)C)cc2c1. The van der Waals surface area contributed by atoms with Crippen LogP contribution < -0.4 is 0 Å². The van der Waals surface area contributed by atoms with Gasteiger partial charge in [-0.25, -0.2) is 0 Å². The third-order valence-corrected chi connectivity index (χ3v) is 3.07. The lowest BCUT2D eigenvalue weighted by atomic mass is 9.88. The van der Waals surface area contributed by atoms with E-state index in [1.54, 1.807) is 0 Å². The van der Waals surface area contributed by atoms with Crippen molar-refractivity contribution in [3.05, 3.63) is 35.6 Å². The van der Waals surface area contributed by atoms with Crippen LogP contribution >= 0.6 is 0 Å². The van der Waals surface area contributed by atoms with E-state index < -0.39 is 0 Å². The number of benzene rings is 1. The Morgan fingerprint density at radius 1 is 0.842 bits per heavy atom. The van der Waals surface area contributed by atoms with Crippen molar-refractivity contribution in [3.8, 4) is 0 Å². The first-order chi connectivity index (χ1) is 8.62. The first-order valence-corrected chi connectivity index (χ1v) is 7.14. The van der Waals surface area contributed by atoms with Gasteiger partial charge < -0.3 is 4.42 Å². The molecule has 0 aliphatic carbocycles. The van der Waals surface area contributed by atoms with Gasteiger partial charge in [-0.05, 0) is 41.0 Å². The van der Waals surface area contributed by atoms with E-state index in [0.29, 0.717) is 5.41 Å². The van der Waals surface area contributed by atoms with Crippen LogP contribution in [0.3, 0.4) is 0 Å². The molecule has 0 N–H and O–H groups in total. The Bertz CT molecular complexity index is 547. The highest BCUT2D eigenvalue weighted by molar-refractivity contribution is 5.78. The van der Waals surface area contributed by atoms with Crippen LogP contribution in [0.2, 0.25) is 0 Å². The Morgan fingerprint density at radius 2 is 1.47 bits per heavy atom. The van der Waals surface area contributed by atoms with Crippen LogP contribution in [0.4, 0.5) is 0 Å². The average molecular weight is 258 g/mol. The molecule has 104 valence electrons. The summed E-state index contributed by atoms with van der Waals surface area (Å²) in [5.74, 6) is 1.09. The summed E-state index contributed by atoms with van der Waals surface area (Å²) >= 11 is 0. The Kier molecular flexibility index (Phi) is 3.51. The standard InChI is InChI=1S/C18H26O/c1-17(2,3)11-13-7-8-16-14(9-13)10-15(19-16)12-18(4,5)6/h7-10H,11-12H2,1-6H3. The van der Waals surface area contributed by atoms with Crippen molar-refractivity contribution in [2.45, 2.75) is 54.4 Å². The van der Waals surface area contributed by atoms with Gasteiger partial charge in [0.05, 0.1) is 0 Å². The third-order valence-electron chi connectivity index (χ3n) is 3.07. The monoisotopic (exact) mass is 258 g/mol. The summed E-state index contributed by atoms with van der Waals surface area (Å²) in [6.07, 6.45) is 2.08. The molecule has 0 saturated carbocycles. The van der Waals surface area contributed by atoms with Crippen LogP contribution in [0.15, 0.2) is 28.7 Å². The van der Waals surface area contributed by atoms with Gasteiger partial charge in [0.1, 0.15) is 11.3 Å². The van der Waals surface area contributed by atoms with E-state index in [2.05, 4.69) is 65.8 Å². The normalized spacial score (nSPS) is 13.2. The van der Waals surface area contributed by atoms with Gasteiger partial charge in [-0.1, -0.05) is 47.6 Å². The van der Waals surface area contributed by atoms with Gasteiger partial charge >= 0.3 is 0 Å². The van der Waals surface area contributed by atoms with E-state index in [4.69, 9.17) is 4.42 Å². The minimum Gasteiger partial charge on any atom is -0.461 e. The lowest BCUT2D eigenvalue weighted by Crippen LogP contribution is -2.08. The third kappa shape index (κ3) is 4.12. The summed E-state index contributed by atoms with van der Waals surface area (Å²) < 4.78 is 5.93. The Hall–Kier alpha value is -1.24. The average Bonchev–Trinajstić information content (AvgIpc) is 2.53. The molecule has 0 radical (unpaired) electrons. The van der Waals surface area contributed by atoms with E-state index in [1.165, 1.54) is 10.9 Å². The molecule has 1 heteroatoms. The summed E-state index contributed by atoms with van der Waals surface area (Å²) in [7, 11) is 0. The van der Waals surface area contributed by atoms with Gasteiger partial charge in [-0.2, -0.15) is 0 Å². The molecule has 0 saturated heterocycles. The number of hydrogen-bond donors (Lipinski definition) is 0. The number of rotatable bonds is 2. The van der Waals surface area contributed by atoms with Gasteiger partial charge in [-0.3, -0.25) is 0 Å². The van der Waals surface area contributed by atoms with Gasteiger partial charge in [-0.15, -0.1) is 0 Å². The minimum absolute atomic E-state index is 0.266. The predicted molar refractivity (Wildman–Crippen MR) is 82.5 cm³/mol. The quantitative estimate of drug-likeness (QED) is 0.682. The topological polar surface area (TPSA) is 13.1 Å². The van der Waals surface area contributed by atoms with Crippen molar-refractivity contribution in [1.82, 2.24) is 0 Å². The molecule has 0 amide bonds. The zero-order chi connectivity index (χ0) is 14.3. The van der Waals surface area contributed by atoms with Crippen molar-refractivity contribution in [1.29, 1.82) is 0 Å². The minimum atomic E-state index is 0.266. The van der Waals surface area contributed by atoms with Crippen LogP contribution in [0.25, 0.3) is 11.0 Å². The first-order valence-electron chi connectivity index (χ1n) is 7.14. The van der Waals surface area contributed by atoms with Crippen LogP contribution in [0.1, 0.15) is 52.9 Å². The fraction of sp³-hybridized carbons (Fsp3) is 0.556. The maximum Gasteiger partial charge on any atom is 0.134 e. The number of furan rings is 1. The van der Waals surface area contributed by atoms with E-state index >= 15 is 0 Å².